The summed E-state index contributed by atoms with van der Waals surface area (Å²) in [4.78, 5) is 11.1. The number of carboxylic acid groups (broad SMARTS) is 1. The van der Waals surface area contributed by atoms with Crippen molar-refractivity contribution < 1.29 is 23.1 Å². The first kappa shape index (κ1) is 15.9. The first-order chi connectivity index (χ1) is 9.55. The Balaban J connectivity index is 2.41. The van der Waals surface area contributed by atoms with Crippen LogP contribution in [0.4, 0.5) is 13.2 Å². The summed E-state index contributed by atoms with van der Waals surface area (Å²) in [5, 5.41) is 9.40. The van der Waals surface area contributed by atoms with Gasteiger partial charge in [0, 0.05) is 5.02 Å². The number of hydrogen-bond donors (Lipinski definition) is 1. The average molecular weight is 319 g/mol. The minimum Gasteiger partial charge on any atom is -0.481 e. The molecule has 1 aliphatic rings. The lowest BCUT2D eigenvalue weighted by atomic mass is 10.0. The van der Waals surface area contributed by atoms with Crippen LogP contribution in [0, 0.1) is 17.3 Å². The molecule has 2 rings (SSSR count). The molecule has 114 valence electrons. The third kappa shape index (κ3) is 3.07. The molecule has 1 N–H and O–H groups in total. The second kappa shape index (κ2) is 5.05. The molecule has 1 saturated carbocycles. The number of hydrogen-bond acceptors (Lipinski definition) is 1. The fourth-order valence-corrected chi connectivity index (χ4v) is 2.75. The van der Waals surface area contributed by atoms with Crippen LogP contribution in [0.3, 0.4) is 0 Å². The number of benzene rings is 1. The van der Waals surface area contributed by atoms with Gasteiger partial charge < -0.3 is 5.11 Å². The Labute approximate surface area is 125 Å². The van der Waals surface area contributed by atoms with E-state index in [1.54, 1.807) is 13.8 Å². The normalized spacial score (nSPS) is 24.8. The number of carbonyl (C=O) groups is 1. The number of aliphatic carboxylic acids is 1. The first-order valence-electron chi connectivity index (χ1n) is 6.33. The number of rotatable bonds is 3. The van der Waals surface area contributed by atoms with Gasteiger partial charge in [-0.1, -0.05) is 43.7 Å². The molecule has 1 unspecified atom stereocenters. The van der Waals surface area contributed by atoms with Crippen LogP contribution in [-0.2, 0) is 4.79 Å². The summed E-state index contributed by atoms with van der Waals surface area (Å²) < 4.78 is 39.7. The minimum absolute atomic E-state index is 0.0151. The fraction of sp³-hybridized carbons (Fsp3) is 0.400. The third-order valence-corrected chi connectivity index (χ3v) is 4.24. The molecule has 0 heterocycles. The van der Waals surface area contributed by atoms with Gasteiger partial charge in [0.1, 0.15) is 0 Å². The van der Waals surface area contributed by atoms with Crippen molar-refractivity contribution in [1.29, 1.82) is 0 Å². The van der Waals surface area contributed by atoms with Crippen LogP contribution < -0.4 is 0 Å². The van der Waals surface area contributed by atoms with Crippen molar-refractivity contribution in [3.05, 3.63) is 40.9 Å². The van der Waals surface area contributed by atoms with Gasteiger partial charge in [-0.05, 0) is 29.0 Å². The van der Waals surface area contributed by atoms with Crippen LogP contribution in [0.1, 0.15) is 19.4 Å². The topological polar surface area (TPSA) is 37.3 Å². The highest BCUT2D eigenvalue weighted by atomic mass is 35.5. The Kier molecular flexibility index (Phi) is 3.82. The summed E-state index contributed by atoms with van der Waals surface area (Å²) in [6, 6.07) is 5.33. The van der Waals surface area contributed by atoms with Crippen molar-refractivity contribution in [2.24, 2.45) is 17.3 Å². The molecule has 0 bridgehead atoms. The number of halogens is 4. The van der Waals surface area contributed by atoms with E-state index in [9.17, 15) is 18.0 Å². The summed E-state index contributed by atoms with van der Waals surface area (Å²) >= 11 is 5.68. The molecular weight excluding hydrogens is 305 g/mol. The Bertz CT molecular complexity index is 588. The van der Waals surface area contributed by atoms with Crippen molar-refractivity contribution in [3.63, 3.8) is 0 Å². The van der Waals surface area contributed by atoms with E-state index in [-0.39, 0.29) is 5.56 Å². The Morgan fingerprint density at radius 1 is 1.29 bits per heavy atom. The van der Waals surface area contributed by atoms with Crippen molar-refractivity contribution in [3.8, 4) is 0 Å². The van der Waals surface area contributed by atoms with E-state index in [1.165, 1.54) is 24.3 Å². The molecule has 0 saturated heterocycles. The van der Waals surface area contributed by atoms with Crippen LogP contribution in [0.15, 0.2) is 30.3 Å². The zero-order chi connectivity index (χ0) is 16.0. The second-order valence-electron chi connectivity index (χ2n) is 5.75. The van der Waals surface area contributed by atoms with Gasteiger partial charge in [-0.15, -0.1) is 0 Å². The molecule has 1 aromatic carbocycles. The van der Waals surface area contributed by atoms with Crippen LogP contribution in [0.25, 0.3) is 5.57 Å². The summed E-state index contributed by atoms with van der Waals surface area (Å²) in [6.07, 6.45) is -3.52. The van der Waals surface area contributed by atoms with Crippen LogP contribution in [-0.4, -0.2) is 17.3 Å². The van der Waals surface area contributed by atoms with Crippen LogP contribution >= 0.6 is 11.6 Å². The summed E-state index contributed by atoms with van der Waals surface area (Å²) in [5.74, 6) is -2.50. The molecule has 0 radical (unpaired) electrons. The molecule has 1 aliphatic carbocycles. The largest absolute Gasteiger partial charge is 0.481 e. The summed E-state index contributed by atoms with van der Waals surface area (Å²) in [7, 11) is 0. The quantitative estimate of drug-likeness (QED) is 0.881. The monoisotopic (exact) mass is 318 g/mol. The smallest absolute Gasteiger partial charge is 0.416 e. The standard InChI is InChI=1S/C15H14ClF3O2/c1-14(2)11(12(14)13(20)21)7-10(15(17,18)19)8-3-5-9(16)6-4-8/h3-7,11-12H,1-2H3,(H,20,21)/t11-,12?/m0/s1. The molecule has 0 spiro atoms. The Hall–Kier alpha value is -1.49. The SMILES string of the molecule is CC1(C)C(C(=O)O)[C@@H]1C=C(c1ccc(Cl)cc1)C(F)(F)F. The Morgan fingerprint density at radius 3 is 2.19 bits per heavy atom. The highest BCUT2D eigenvalue weighted by Crippen LogP contribution is 2.60. The van der Waals surface area contributed by atoms with Crippen LogP contribution in [0.2, 0.25) is 5.02 Å². The predicted molar refractivity (Wildman–Crippen MR) is 73.9 cm³/mol. The van der Waals surface area contributed by atoms with Crippen molar-refractivity contribution >= 4 is 23.1 Å². The van der Waals surface area contributed by atoms with E-state index in [4.69, 9.17) is 16.7 Å². The fourth-order valence-electron chi connectivity index (χ4n) is 2.62. The Morgan fingerprint density at radius 2 is 1.81 bits per heavy atom. The van der Waals surface area contributed by atoms with Gasteiger partial charge in [0.05, 0.1) is 11.5 Å². The van der Waals surface area contributed by atoms with E-state index in [1.807, 2.05) is 0 Å². The van der Waals surface area contributed by atoms with Gasteiger partial charge in [0.2, 0.25) is 0 Å². The predicted octanol–water partition coefficient (Wildman–Crippen LogP) is 4.64. The van der Waals surface area contributed by atoms with Gasteiger partial charge in [-0.25, -0.2) is 0 Å². The summed E-state index contributed by atoms with van der Waals surface area (Å²) in [6.45, 7) is 3.31. The van der Waals surface area contributed by atoms with Gasteiger partial charge in [0.15, 0.2) is 0 Å². The van der Waals surface area contributed by atoms with Gasteiger partial charge in [0.25, 0.3) is 0 Å². The van der Waals surface area contributed by atoms with Crippen molar-refractivity contribution in [1.82, 2.24) is 0 Å². The molecule has 1 fully saturated rings. The lowest BCUT2D eigenvalue weighted by Crippen LogP contribution is -2.11. The van der Waals surface area contributed by atoms with Gasteiger partial charge in [-0.3, -0.25) is 4.79 Å². The minimum atomic E-state index is -4.55. The number of carboxylic acids is 1. The zero-order valence-electron chi connectivity index (χ0n) is 11.4. The lowest BCUT2D eigenvalue weighted by molar-refractivity contribution is -0.139. The second-order valence-corrected chi connectivity index (χ2v) is 6.18. The maximum Gasteiger partial charge on any atom is 0.416 e. The molecule has 1 aromatic rings. The van der Waals surface area contributed by atoms with E-state index >= 15 is 0 Å². The maximum atomic E-state index is 13.2. The highest BCUT2D eigenvalue weighted by Gasteiger charge is 2.61. The molecular formula is C15H14ClF3O2. The first-order valence-corrected chi connectivity index (χ1v) is 6.70. The zero-order valence-corrected chi connectivity index (χ0v) is 12.2. The highest BCUT2D eigenvalue weighted by molar-refractivity contribution is 6.30. The third-order valence-electron chi connectivity index (χ3n) is 3.98. The average Bonchev–Trinajstić information content (AvgIpc) is 2.88. The van der Waals surface area contributed by atoms with E-state index < -0.39 is 35.0 Å². The van der Waals surface area contributed by atoms with Crippen LogP contribution in [0.5, 0.6) is 0 Å². The number of alkyl halides is 3. The number of allylic oxidation sites excluding steroid dienone is 2. The summed E-state index contributed by atoms with van der Waals surface area (Å²) in [5.41, 5.74) is -1.51. The molecule has 6 heteroatoms. The van der Waals surface area contributed by atoms with E-state index in [0.717, 1.165) is 6.08 Å². The van der Waals surface area contributed by atoms with E-state index in [0.29, 0.717) is 5.02 Å². The molecule has 0 aromatic heterocycles. The van der Waals surface area contributed by atoms with Crippen molar-refractivity contribution in [2.45, 2.75) is 20.0 Å². The maximum absolute atomic E-state index is 13.2. The molecule has 0 amide bonds. The van der Waals surface area contributed by atoms with Gasteiger partial charge in [-0.2, -0.15) is 13.2 Å². The lowest BCUT2D eigenvalue weighted by Gasteiger charge is -2.12. The molecule has 0 aliphatic heterocycles. The van der Waals surface area contributed by atoms with Crippen molar-refractivity contribution in [2.75, 3.05) is 0 Å². The molecule has 21 heavy (non-hydrogen) atoms. The van der Waals surface area contributed by atoms with Gasteiger partial charge >= 0.3 is 12.1 Å². The molecule has 2 atom stereocenters. The van der Waals surface area contributed by atoms with E-state index in [2.05, 4.69) is 0 Å². The molecule has 2 nitrogen and oxygen atoms in total.